The van der Waals surface area contributed by atoms with Gasteiger partial charge < -0.3 is 45.5 Å². The number of hydrogen-bond donors (Lipinski definition) is 5. The second kappa shape index (κ2) is 32.4. The van der Waals surface area contributed by atoms with Crippen molar-refractivity contribution in [2.75, 3.05) is 14.2 Å². The second-order valence-electron chi connectivity index (χ2n) is 16.3. The maximum absolute atomic E-state index is 12.8. The van der Waals surface area contributed by atoms with E-state index in [1.165, 1.54) is 31.9 Å². The highest BCUT2D eigenvalue weighted by Gasteiger charge is 2.38. The summed E-state index contributed by atoms with van der Waals surface area (Å²) in [4.78, 5) is 77.7. The molecule has 0 aromatic heterocycles. The number of halogens is 3. The molecule has 0 aliphatic carbocycles. The zero-order valence-electron chi connectivity index (χ0n) is 39.4. The number of Topliss-reactive ketones (excluding diaryl/α,β-unsaturated/α-hetero) is 1. The van der Waals surface area contributed by atoms with Gasteiger partial charge in [0.25, 0.3) is 0 Å². The quantitative estimate of drug-likeness (QED) is 0.0542. The van der Waals surface area contributed by atoms with Gasteiger partial charge in [-0.1, -0.05) is 86.7 Å². The number of alkyl carbamates (subject to hydrolysis) is 2. The number of amides is 2. The maximum atomic E-state index is 12.8. The number of nitrogens with one attached hydrogen (secondary N) is 2. The molecule has 370 valence electrons. The average Bonchev–Trinajstić information content (AvgIpc) is 3.23. The number of benzene rings is 2. The number of hydrogen-bond acceptors (Lipinski definition) is 12. The number of esters is 2. The Balaban J connectivity index is 0. The molecule has 0 saturated carbocycles. The fourth-order valence-electron chi connectivity index (χ4n) is 4.94. The summed E-state index contributed by atoms with van der Waals surface area (Å²) in [7, 11) is 2.66. The fourth-order valence-corrected chi connectivity index (χ4v) is 4.94. The van der Waals surface area contributed by atoms with E-state index in [0.717, 1.165) is 24.8 Å². The molecule has 0 bridgehead atoms. The Morgan fingerprint density at radius 2 is 1.03 bits per heavy atom. The molecule has 66 heavy (non-hydrogen) atoms. The Morgan fingerprint density at radius 3 is 1.38 bits per heavy atom. The van der Waals surface area contributed by atoms with Crippen molar-refractivity contribution in [2.24, 2.45) is 11.7 Å². The van der Waals surface area contributed by atoms with E-state index in [2.05, 4.69) is 32.2 Å². The standard InChI is InChI=1S/C23H33NO5.C13H17NO2.C9H17NO4.C2HF3O2/c1-6-19(24-22(27)29-23(2,3)4)20(25)16-18(14-15-21(26)28-5)13-12-17-10-8-7-9-11-17;1-16-13(15)10-9-12(14)8-7-11-5-3-2-4-6-11;1-5-6(7(11)12)10-8(13)14-9(2,3)4;3-2(4,5)1(6)7/h7-11,14-15,18-19H,6,12-13,16H2,1-5H3,(H,24,27);2-6,9-10,12H,7-8,14H2,1H3;6H,5H2,1-4H3,(H,10,13)(H,11,12);(H,6,7)/b15-14+;10-9+;;/t18-,19-;12-;6-;/m000./s1. The van der Waals surface area contributed by atoms with Crippen LogP contribution >= 0.6 is 0 Å². The van der Waals surface area contributed by atoms with Gasteiger partial charge in [0.1, 0.15) is 17.2 Å². The molecule has 0 spiro atoms. The van der Waals surface area contributed by atoms with Gasteiger partial charge >= 0.3 is 42.2 Å². The second-order valence-corrected chi connectivity index (χ2v) is 16.3. The summed E-state index contributed by atoms with van der Waals surface area (Å²) in [6, 6.07) is 18.5. The molecule has 0 radical (unpaired) electrons. The summed E-state index contributed by atoms with van der Waals surface area (Å²) >= 11 is 0. The van der Waals surface area contributed by atoms with E-state index in [0.29, 0.717) is 19.3 Å². The third-order valence-electron chi connectivity index (χ3n) is 8.23. The molecule has 0 saturated heterocycles. The molecule has 2 amide bonds. The molecule has 0 unspecified atom stereocenters. The van der Waals surface area contributed by atoms with E-state index < -0.39 is 59.6 Å². The van der Waals surface area contributed by atoms with Crippen LogP contribution in [0.2, 0.25) is 0 Å². The number of nitrogens with two attached hydrogens (primary N) is 1. The van der Waals surface area contributed by atoms with Crippen molar-refractivity contribution in [3.8, 4) is 0 Å². The van der Waals surface area contributed by atoms with Gasteiger partial charge in [-0.25, -0.2) is 28.8 Å². The van der Waals surface area contributed by atoms with Crippen LogP contribution in [0.5, 0.6) is 0 Å². The molecule has 19 heteroatoms. The summed E-state index contributed by atoms with van der Waals surface area (Å²) in [5.41, 5.74) is 7.00. The number of rotatable bonds is 18. The van der Waals surface area contributed by atoms with Crippen LogP contribution in [0, 0.1) is 5.92 Å². The Bertz CT molecular complexity index is 1830. The van der Waals surface area contributed by atoms with Gasteiger partial charge in [0, 0.05) is 24.6 Å². The van der Waals surface area contributed by atoms with Gasteiger partial charge in [-0.15, -0.1) is 0 Å². The van der Waals surface area contributed by atoms with Gasteiger partial charge in [-0.3, -0.25) is 4.79 Å². The van der Waals surface area contributed by atoms with E-state index in [-0.39, 0.29) is 30.1 Å². The molecule has 2 rings (SSSR count). The minimum absolute atomic E-state index is 0.0917. The first kappa shape index (κ1) is 61.8. The number of alkyl halides is 3. The van der Waals surface area contributed by atoms with Crippen LogP contribution in [0.4, 0.5) is 22.8 Å². The third-order valence-corrected chi connectivity index (χ3v) is 8.23. The summed E-state index contributed by atoms with van der Waals surface area (Å²) < 4.78 is 51.0. The Kier molecular flexibility index (Phi) is 30.4. The van der Waals surface area contributed by atoms with Crippen molar-refractivity contribution in [3.63, 3.8) is 0 Å². The smallest absolute Gasteiger partial charge is 0.480 e. The number of carboxylic acids is 2. The van der Waals surface area contributed by atoms with Gasteiger partial charge in [0.2, 0.25) is 0 Å². The van der Waals surface area contributed by atoms with Crippen LogP contribution in [0.25, 0.3) is 0 Å². The highest BCUT2D eigenvalue weighted by atomic mass is 19.4. The van der Waals surface area contributed by atoms with E-state index in [4.69, 9.17) is 30.2 Å². The lowest BCUT2D eigenvalue weighted by Crippen LogP contribution is -2.43. The van der Waals surface area contributed by atoms with Gasteiger partial charge in [-0.2, -0.15) is 13.2 Å². The number of ketones is 1. The minimum atomic E-state index is -5.08. The average molecular weight is 940 g/mol. The van der Waals surface area contributed by atoms with Gasteiger partial charge in [0.05, 0.1) is 20.3 Å². The molecule has 0 aliphatic rings. The zero-order valence-corrected chi connectivity index (χ0v) is 39.4. The number of aliphatic carboxylic acids is 2. The molecule has 16 nitrogen and oxygen atoms in total. The van der Waals surface area contributed by atoms with Crippen molar-refractivity contribution in [2.45, 2.75) is 136 Å². The SMILES string of the molecule is CC[C@H](NC(=O)OC(C)(C)C)C(=O)C[C@H](/C=C/C(=O)OC)CCc1ccccc1.CC[C@H](NC(=O)OC(C)(C)C)C(=O)O.COC(=O)/C=C/[C@@H](N)CCc1ccccc1.O=C(O)C(F)(F)F. The molecular weight excluding hydrogens is 872 g/mol. The number of carbonyl (C=O) groups excluding carboxylic acids is 5. The molecule has 0 fully saturated rings. The summed E-state index contributed by atoms with van der Waals surface area (Å²) in [5, 5.41) is 20.7. The van der Waals surface area contributed by atoms with Crippen molar-refractivity contribution in [3.05, 3.63) is 96.1 Å². The Labute approximate surface area is 385 Å². The highest BCUT2D eigenvalue weighted by molar-refractivity contribution is 5.88. The third kappa shape index (κ3) is 34.2. The summed E-state index contributed by atoms with van der Waals surface area (Å²) in [5.74, 6) is -4.87. The zero-order chi connectivity index (χ0) is 51.1. The minimum Gasteiger partial charge on any atom is -0.480 e. The number of ether oxygens (including phenoxy) is 4. The number of allylic oxidation sites excluding steroid dienone is 1. The lowest BCUT2D eigenvalue weighted by atomic mass is 9.91. The van der Waals surface area contributed by atoms with E-state index in [1.807, 2.05) is 55.5 Å². The van der Waals surface area contributed by atoms with Crippen molar-refractivity contribution >= 4 is 41.8 Å². The molecule has 2 aromatic carbocycles. The molecule has 2 aromatic rings. The maximum Gasteiger partial charge on any atom is 0.490 e. The topological polar surface area (TPSA) is 247 Å². The fraction of sp³-hybridized carbons (Fsp3) is 0.511. The molecule has 6 N–H and O–H groups in total. The normalized spacial score (nSPS) is 13.0. The lowest BCUT2D eigenvalue weighted by Gasteiger charge is -2.23. The first-order chi connectivity index (χ1) is 30.6. The van der Waals surface area contributed by atoms with Crippen LogP contribution in [0.3, 0.4) is 0 Å². The van der Waals surface area contributed by atoms with Crippen LogP contribution in [-0.4, -0.2) is 102 Å². The van der Waals surface area contributed by atoms with Crippen molar-refractivity contribution in [1.29, 1.82) is 0 Å². The number of carboxylic acid groups (broad SMARTS) is 2. The highest BCUT2D eigenvalue weighted by Crippen LogP contribution is 2.18. The number of aryl methyl sites for hydroxylation is 2. The molecule has 0 aliphatic heterocycles. The van der Waals surface area contributed by atoms with Crippen LogP contribution in [0.15, 0.2) is 85.0 Å². The molecule has 4 atom stereocenters. The Morgan fingerprint density at radius 1 is 0.652 bits per heavy atom. The summed E-state index contributed by atoms with van der Waals surface area (Å²) in [6.45, 7) is 14.0. The Hall–Kier alpha value is -6.24. The first-order valence-corrected chi connectivity index (χ1v) is 21.0. The van der Waals surface area contributed by atoms with E-state index >= 15 is 0 Å². The predicted molar refractivity (Wildman–Crippen MR) is 241 cm³/mol. The monoisotopic (exact) mass is 939 g/mol. The van der Waals surface area contributed by atoms with E-state index in [9.17, 15) is 41.9 Å². The van der Waals surface area contributed by atoms with E-state index in [1.54, 1.807) is 60.6 Å². The van der Waals surface area contributed by atoms with Gasteiger partial charge in [-0.05, 0) is 97.1 Å². The molecule has 0 heterocycles. The van der Waals surface area contributed by atoms with Crippen molar-refractivity contribution < 1.29 is 75.9 Å². The van der Waals surface area contributed by atoms with Crippen molar-refractivity contribution in [1.82, 2.24) is 10.6 Å². The largest absolute Gasteiger partial charge is 0.490 e. The summed E-state index contributed by atoms with van der Waals surface area (Å²) in [6.07, 6.45) is 3.93. The molecular formula is C47H68F3N3O13. The van der Waals surface area contributed by atoms with Gasteiger partial charge in [0.15, 0.2) is 5.78 Å². The first-order valence-electron chi connectivity index (χ1n) is 21.0. The van der Waals surface area contributed by atoms with Crippen LogP contribution in [-0.2, 0) is 55.8 Å². The van der Waals surface area contributed by atoms with Crippen LogP contribution in [0.1, 0.15) is 98.6 Å². The lowest BCUT2D eigenvalue weighted by molar-refractivity contribution is -0.192. The predicted octanol–water partition coefficient (Wildman–Crippen LogP) is 7.91. The number of carbonyl (C=O) groups is 7. The number of methoxy groups -OCH3 is 2. The van der Waals surface area contributed by atoms with Crippen LogP contribution < -0.4 is 16.4 Å².